The van der Waals surface area contributed by atoms with Gasteiger partial charge in [-0.2, -0.15) is 4.99 Å². The van der Waals surface area contributed by atoms with Crippen molar-refractivity contribution in [2.75, 3.05) is 0 Å². The Kier molecular flexibility index (Phi) is 4.92. The molecule has 2 N–H and O–H groups in total. The Morgan fingerprint density at radius 3 is 2.50 bits per heavy atom. The molecular formula is C8H16N4. The van der Waals surface area contributed by atoms with Gasteiger partial charge in [0.15, 0.2) is 0 Å². The van der Waals surface area contributed by atoms with E-state index in [0.717, 1.165) is 0 Å². The Morgan fingerprint density at radius 1 is 1.50 bits per heavy atom. The van der Waals surface area contributed by atoms with E-state index in [2.05, 4.69) is 15.3 Å². The molecule has 0 aliphatic carbocycles. The number of hydrogen-bond donors (Lipinski definition) is 2. The first-order valence-corrected chi connectivity index (χ1v) is 3.95. The summed E-state index contributed by atoms with van der Waals surface area (Å²) in [5.41, 5.74) is 0. The van der Waals surface area contributed by atoms with Gasteiger partial charge in [0.2, 0.25) is 5.96 Å². The summed E-state index contributed by atoms with van der Waals surface area (Å²) in [5, 5.41) is 10.2. The van der Waals surface area contributed by atoms with E-state index in [0.29, 0.717) is 5.84 Å². The molecular weight excluding hydrogens is 152 g/mol. The zero-order valence-corrected chi connectivity index (χ0v) is 8.05. The molecule has 4 heteroatoms. The smallest absolute Gasteiger partial charge is 0.217 e. The number of guanidine groups is 1. The van der Waals surface area contributed by atoms with Crippen molar-refractivity contribution in [2.24, 2.45) is 9.98 Å². The van der Waals surface area contributed by atoms with E-state index in [1.807, 2.05) is 20.8 Å². The summed E-state index contributed by atoms with van der Waals surface area (Å²) in [6.45, 7) is 7.50. The third kappa shape index (κ3) is 5.58. The standard InChI is InChI=1S/C8H16N4/c1-5-10-7(4)12-8(9)11-6(2)3/h5-6H,1-4H3,(H2,9,11). The predicted molar refractivity (Wildman–Crippen MR) is 53.3 cm³/mol. The lowest BCUT2D eigenvalue weighted by Gasteiger charge is -2.06. The zero-order chi connectivity index (χ0) is 9.56. The monoisotopic (exact) mass is 168 g/mol. The fraction of sp³-hybridized carbons (Fsp3) is 0.625. The maximum Gasteiger partial charge on any atom is 0.217 e. The van der Waals surface area contributed by atoms with Gasteiger partial charge in [0.25, 0.3) is 0 Å². The number of nitrogens with one attached hydrogen (secondary N) is 2. The summed E-state index contributed by atoms with van der Waals surface area (Å²) in [6, 6.07) is 0.236. The van der Waals surface area contributed by atoms with Crippen molar-refractivity contribution >= 4 is 18.0 Å². The highest BCUT2D eigenvalue weighted by atomic mass is 15.1. The van der Waals surface area contributed by atoms with Crippen LogP contribution in [-0.2, 0) is 0 Å². The van der Waals surface area contributed by atoms with Crippen LogP contribution in [0.15, 0.2) is 9.98 Å². The molecule has 0 radical (unpaired) electrons. The third-order valence-corrected chi connectivity index (χ3v) is 1.01. The van der Waals surface area contributed by atoms with Crippen molar-refractivity contribution in [3.05, 3.63) is 0 Å². The lowest BCUT2D eigenvalue weighted by Crippen LogP contribution is -2.28. The predicted octanol–water partition coefficient (Wildman–Crippen LogP) is 1.43. The van der Waals surface area contributed by atoms with Crippen LogP contribution >= 0.6 is 0 Å². The average molecular weight is 168 g/mol. The van der Waals surface area contributed by atoms with Gasteiger partial charge in [-0.15, -0.1) is 0 Å². The highest BCUT2D eigenvalue weighted by Gasteiger charge is 1.95. The normalized spacial score (nSPS) is 12.6. The van der Waals surface area contributed by atoms with Crippen molar-refractivity contribution < 1.29 is 0 Å². The fourth-order valence-corrected chi connectivity index (χ4v) is 0.683. The molecule has 0 saturated carbocycles. The second kappa shape index (κ2) is 5.46. The molecule has 0 rings (SSSR count). The van der Waals surface area contributed by atoms with Crippen LogP contribution in [0.3, 0.4) is 0 Å². The summed E-state index contributed by atoms with van der Waals surface area (Å²) in [5.74, 6) is 0.753. The van der Waals surface area contributed by atoms with Crippen molar-refractivity contribution in [3.63, 3.8) is 0 Å². The van der Waals surface area contributed by atoms with Gasteiger partial charge in [-0.05, 0) is 27.7 Å². The van der Waals surface area contributed by atoms with Gasteiger partial charge in [-0.1, -0.05) is 0 Å². The maximum atomic E-state index is 7.36. The van der Waals surface area contributed by atoms with Crippen molar-refractivity contribution in [2.45, 2.75) is 33.7 Å². The molecule has 4 nitrogen and oxygen atoms in total. The minimum absolute atomic E-state index is 0.160. The molecule has 0 aliphatic rings. The third-order valence-electron chi connectivity index (χ3n) is 1.01. The molecule has 0 aromatic rings. The Balaban J connectivity index is 4.05. The van der Waals surface area contributed by atoms with E-state index in [1.165, 1.54) is 0 Å². The topological polar surface area (TPSA) is 60.6 Å². The summed E-state index contributed by atoms with van der Waals surface area (Å²) in [7, 11) is 0. The first kappa shape index (κ1) is 10.8. The molecule has 0 fully saturated rings. The highest BCUT2D eigenvalue weighted by molar-refractivity contribution is 5.96. The number of rotatable bonds is 1. The van der Waals surface area contributed by atoms with Gasteiger partial charge < -0.3 is 5.32 Å². The molecule has 0 unspecified atom stereocenters. The molecule has 68 valence electrons. The highest BCUT2D eigenvalue weighted by Crippen LogP contribution is 1.83. The molecule has 12 heavy (non-hydrogen) atoms. The Morgan fingerprint density at radius 2 is 2.08 bits per heavy atom. The molecule has 0 atom stereocenters. The van der Waals surface area contributed by atoms with Crippen LogP contribution in [0.4, 0.5) is 0 Å². The minimum atomic E-state index is 0.160. The van der Waals surface area contributed by atoms with Gasteiger partial charge in [0.1, 0.15) is 5.84 Å². The summed E-state index contributed by atoms with van der Waals surface area (Å²) >= 11 is 0. The Bertz CT molecular complexity index is 203. The Hall–Kier alpha value is -1.19. The minimum Gasteiger partial charge on any atom is -0.352 e. The van der Waals surface area contributed by atoms with Crippen molar-refractivity contribution in [3.8, 4) is 0 Å². The van der Waals surface area contributed by atoms with E-state index in [-0.39, 0.29) is 12.0 Å². The summed E-state index contributed by atoms with van der Waals surface area (Å²) < 4.78 is 0. The second-order valence-corrected chi connectivity index (χ2v) is 2.69. The molecule has 0 bridgehead atoms. The van der Waals surface area contributed by atoms with Crippen molar-refractivity contribution in [1.82, 2.24) is 5.32 Å². The first-order valence-electron chi connectivity index (χ1n) is 3.95. The summed E-state index contributed by atoms with van der Waals surface area (Å²) in [4.78, 5) is 7.81. The second-order valence-electron chi connectivity index (χ2n) is 2.69. The van der Waals surface area contributed by atoms with Gasteiger partial charge in [0.05, 0.1) is 0 Å². The Labute approximate surface area is 73.3 Å². The first-order chi connectivity index (χ1) is 5.56. The number of aliphatic imine (C=N–C) groups is 2. The van der Waals surface area contributed by atoms with Gasteiger partial charge in [0, 0.05) is 12.3 Å². The molecule has 0 heterocycles. The van der Waals surface area contributed by atoms with Crippen LogP contribution < -0.4 is 5.32 Å². The number of amidine groups is 1. The van der Waals surface area contributed by atoms with Crippen LogP contribution in [0.1, 0.15) is 27.7 Å². The van der Waals surface area contributed by atoms with E-state index in [4.69, 9.17) is 5.41 Å². The lowest BCUT2D eigenvalue weighted by atomic mass is 10.4. The number of nitrogens with zero attached hydrogens (tertiary/aromatic N) is 2. The maximum absolute atomic E-state index is 7.36. The fourth-order valence-electron chi connectivity index (χ4n) is 0.683. The van der Waals surface area contributed by atoms with Gasteiger partial charge >= 0.3 is 0 Å². The van der Waals surface area contributed by atoms with Crippen molar-refractivity contribution in [1.29, 1.82) is 5.41 Å². The molecule has 0 aromatic carbocycles. The van der Waals surface area contributed by atoms with Gasteiger partial charge in [-0.25, -0.2) is 4.99 Å². The van der Waals surface area contributed by atoms with Crippen LogP contribution in [0, 0.1) is 5.41 Å². The molecule has 0 amide bonds. The summed E-state index contributed by atoms with van der Waals surface area (Å²) in [6.07, 6.45) is 1.65. The molecule has 0 aliphatic heterocycles. The largest absolute Gasteiger partial charge is 0.352 e. The lowest BCUT2D eigenvalue weighted by molar-refractivity contribution is 0.725. The van der Waals surface area contributed by atoms with E-state index >= 15 is 0 Å². The molecule has 0 aromatic heterocycles. The zero-order valence-electron chi connectivity index (χ0n) is 8.05. The molecule has 0 saturated heterocycles. The van der Waals surface area contributed by atoms with Crippen LogP contribution in [0.5, 0.6) is 0 Å². The van der Waals surface area contributed by atoms with E-state index < -0.39 is 0 Å². The average Bonchev–Trinajstić information content (AvgIpc) is 1.84. The quantitative estimate of drug-likeness (QED) is 0.451. The van der Waals surface area contributed by atoms with Crippen LogP contribution in [0.2, 0.25) is 0 Å². The van der Waals surface area contributed by atoms with E-state index in [1.54, 1.807) is 13.1 Å². The van der Waals surface area contributed by atoms with Gasteiger partial charge in [-0.3, -0.25) is 5.41 Å². The van der Waals surface area contributed by atoms with Crippen LogP contribution in [-0.4, -0.2) is 24.1 Å². The SMILES string of the molecule is CC=NC(C)=NC(=N)NC(C)C. The number of hydrogen-bond acceptors (Lipinski definition) is 1. The van der Waals surface area contributed by atoms with Crippen LogP contribution in [0.25, 0.3) is 0 Å². The van der Waals surface area contributed by atoms with E-state index in [9.17, 15) is 0 Å². The molecule has 0 spiro atoms.